The van der Waals surface area contributed by atoms with Gasteiger partial charge < -0.3 is 9.80 Å². The number of nitrogens with zero attached hydrogens (tertiary/aromatic N) is 3. The Morgan fingerprint density at radius 2 is 1.86 bits per heavy atom. The highest BCUT2D eigenvalue weighted by atomic mass is 32.1. The van der Waals surface area contributed by atoms with Gasteiger partial charge in [0.15, 0.2) is 10.8 Å². The summed E-state index contributed by atoms with van der Waals surface area (Å²) in [6.45, 7) is 3.47. The lowest BCUT2D eigenvalue weighted by Gasteiger charge is -2.22. The molecule has 2 aromatic rings. The molecule has 150 valence electrons. The van der Waals surface area contributed by atoms with Crippen molar-refractivity contribution in [2.45, 2.75) is 19.5 Å². The summed E-state index contributed by atoms with van der Waals surface area (Å²) < 4.78 is 37.8. The highest BCUT2D eigenvalue weighted by Crippen LogP contribution is 2.31. The summed E-state index contributed by atoms with van der Waals surface area (Å²) in [5.74, 6) is -0.0966. The van der Waals surface area contributed by atoms with Crippen molar-refractivity contribution in [2.24, 2.45) is 0 Å². The molecule has 0 atom stereocenters. The SMILES string of the molecule is Cc1cccc(C(=O)N2CCCN(C(=O)Nc3nc(C(F)(F)F)cs3)CC2)c1. The molecule has 0 unspecified atom stereocenters. The van der Waals surface area contributed by atoms with Gasteiger partial charge in [-0.05, 0) is 25.5 Å². The molecular weight excluding hydrogens is 393 g/mol. The summed E-state index contributed by atoms with van der Waals surface area (Å²) in [5, 5.41) is 3.16. The zero-order valence-electron chi connectivity index (χ0n) is 15.1. The lowest BCUT2D eigenvalue weighted by atomic mass is 10.1. The molecule has 0 aliphatic carbocycles. The maximum absolute atomic E-state index is 12.7. The molecule has 1 saturated heterocycles. The Kier molecular flexibility index (Phi) is 5.87. The number of aromatic nitrogens is 1. The standard InChI is InChI=1S/C18H19F3N4O2S/c1-12-4-2-5-13(10-12)15(26)24-6-3-7-25(9-8-24)17(27)23-16-22-14(11-28-16)18(19,20)21/h2,4-5,10-11H,3,6-9H2,1H3,(H,22,23,27). The van der Waals surface area contributed by atoms with Gasteiger partial charge in [0.2, 0.25) is 0 Å². The van der Waals surface area contributed by atoms with Gasteiger partial charge in [-0.1, -0.05) is 17.7 Å². The first kappa shape index (κ1) is 20.1. The van der Waals surface area contributed by atoms with E-state index in [1.165, 1.54) is 4.90 Å². The normalized spacial score (nSPS) is 15.3. The van der Waals surface area contributed by atoms with Crippen LogP contribution < -0.4 is 5.32 Å². The van der Waals surface area contributed by atoms with Crippen molar-refractivity contribution < 1.29 is 22.8 Å². The summed E-state index contributed by atoms with van der Waals surface area (Å²) in [6.07, 6.45) is -3.96. The summed E-state index contributed by atoms with van der Waals surface area (Å²) in [6, 6.07) is 6.79. The minimum atomic E-state index is -4.54. The van der Waals surface area contributed by atoms with E-state index < -0.39 is 17.9 Å². The Labute approximate surface area is 164 Å². The second-order valence-electron chi connectivity index (χ2n) is 6.47. The minimum absolute atomic E-state index is 0.0966. The maximum Gasteiger partial charge on any atom is 0.434 e. The second-order valence-corrected chi connectivity index (χ2v) is 7.33. The van der Waals surface area contributed by atoms with Crippen molar-refractivity contribution >= 4 is 28.4 Å². The largest absolute Gasteiger partial charge is 0.434 e. The average molecular weight is 412 g/mol. The van der Waals surface area contributed by atoms with Crippen LogP contribution >= 0.6 is 11.3 Å². The fraction of sp³-hybridized carbons (Fsp3) is 0.389. The van der Waals surface area contributed by atoms with E-state index in [9.17, 15) is 22.8 Å². The van der Waals surface area contributed by atoms with E-state index in [0.29, 0.717) is 38.2 Å². The van der Waals surface area contributed by atoms with Crippen LogP contribution in [0.5, 0.6) is 0 Å². The summed E-state index contributed by atoms with van der Waals surface area (Å²) in [7, 11) is 0. The van der Waals surface area contributed by atoms with Gasteiger partial charge >= 0.3 is 12.2 Å². The van der Waals surface area contributed by atoms with Crippen LogP contribution in [0, 0.1) is 6.92 Å². The number of nitrogens with one attached hydrogen (secondary N) is 1. The third kappa shape index (κ3) is 4.80. The molecule has 10 heteroatoms. The molecule has 0 saturated carbocycles. The average Bonchev–Trinajstić information content (AvgIpc) is 2.97. The highest BCUT2D eigenvalue weighted by Gasteiger charge is 2.34. The molecule has 1 aliphatic rings. The minimum Gasteiger partial charge on any atom is -0.337 e. The summed E-state index contributed by atoms with van der Waals surface area (Å²) >= 11 is 0.724. The molecule has 28 heavy (non-hydrogen) atoms. The van der Waals surface area contributed by atoms with Crippen LogP contribution in [0.25, 0.3) is 0 Å². The van der Waals surface area contributed by atoms with Crippen LogP contribution in [0.1, 0.15) is 28.0 Å². The van der Waals surface area contributed by atoms with E-state index >= 15 is 0 Å². The predicted octanol–water partition coefficient (Wildman–Crippen LogP) is 3.85. The first-order valence-corrected chi connectivity index (χ1v) is 9.56. The first-order chi connectivity index (χ1) is 13.2. The van der Waals surface area contributed by atoms with Crippen molar-refractivity contribution in [1.82, 2.24) is 14.8 Å². The lowest BCUT2D eigenvalue weighted by molar-refractivity contribution is -0.140. The van der Waals surface area contributed by atoms with Gasteiger partial charge in [0.25, 0.3) is 5.91 Å². The Morgan fingerprint density at radius 1 is 1.14 bits per heavy atom. The summed E-state index contributed by atoms with van der Waals surface area (Å²) in [5.41, 5.74) is 0.558. The molecule has 0 radical (unpaired) electrons. The molecule has 0 spiro atoms. The van der Waals surface area contributed by atoms with Gasteiger partial charge in [-0.25, -0.2) is 9.78 Å². The number of urea groups is 1. The number of hydrogen-bond donors (Lipinski definition) is 1. The molecule has 6 nitrogen and oxygen atoms in total. The second kappa shape index (κ2) is 8.17. The van der Waals surface area contributed by atoms with E-state index in [4.69, 9.17) is 0 Å². The predicted molar refractivity (Wildman–Crippen MR) is 99.4 cm³/mol. The van der Waals surface area contributed by atoms with Gasteiger partial charge in [0.05, 0.1) is 0 Å². The molecule has 2 heterocycles. The van der Waals surface area contributed by atoms with Gasteiger partial charge in [0, 0.05) is 37.1 Å². The Hall–Kier alpha value is -2.62. The first-order valence-electron chi connectivity index (χ1n) is 8.68. The smallest absolute Gasteiger partial charge is 0.337 e. The molecule has 1 fully saturated rings. The zero-order valence-corrected chi connectivity index (χ0v) is 15.9. The summed E-state index contributed by atoms with van der Waals surface area (Å²) in [4.78, 5) is 31.6. The molecule has 3 rings (SSSR count). The van der Waals surface area contributed by atoms with Gasteiger partial charge in [-0.15, -0.1) is 11.3 Å². The quantitative estimate of drug-likeness (QED) is 0.815. The van der Waals surface area contributed by atoms with Crippen molar-refractivity contribution in [3.8, 4) is 0 Å². The monoisotopic (exact) mass is 412 g/mol. The fourth-order valence-corrected chi connectivity index (χ4v) is 3.62. The van der Waals surface area contributed by atoms with Crippen molar-refractivity contribution in [3.63, 3.8) is 0 Å². The van der Waals surface area contributed by atoms with Crippen LogP contribution in [-0.4, -0.2) is 52.9 Å². The van der Waals surface area contributed by atoms with Gasteiger partial charge in [0.1, 0.15) is 0 Å². The number of benzene rings is 1. The highest BCUT2D eigenvalue weighted by molar-refractivity contribution is 7.13. The van der Waals surface area contributed by atoms with E-state index in [2.05, 4.69) is 10.3 Å². The number of carbonyl (C=O) groups excluding carboxylic acids is 2. The number of carbonyl (C=O) groups is 2. The fourth-order valence-electron chi connectivity index (χ4n) is 2.92. The van der Waals surface area contributed by atoms with Crippen LogP contribution in [0.3, 0.4) is 0 Å². The topological polar surface area (TPSA) is 65.5 Å². The van der Waals surface area contributed by atoms with Crippen molar-refractivity contribution in [3.05, 3.63) is 46.5 Å². The van der Waals surface area contributed by atoms with E-state index in [1.807, 2.05) is 25.1 Å². The zero-order chi connectivity index (χ0) is 20.3. The maximum atomic E-state index is 12.7. The van der Waals surface area contributed by atoms with E-state index in [-0.39, 0.29) is 11.0 Å². The molecule has 1 aromatic heterocycles. The molecular formula is C18H19F3N4O2S. The van der Waals surface area contributed by atoms with E-state index in [0.717, 1.165) is 22.3 Å². The molecule has 3 amide bonds. The number of thiazole rings is 1. The number of hydrogen-bond acceptors (Lipinski definition) is 4. The van der Waals surface area contributed by atoms with E-state index in [1.54, 1.807) is 11.0 Å². The van der Waals surface area contributed by atoms with Crippen molar-refractivity contribution in [1.29, 1.82) is 0 Å². The van der Waals surface area contributed by atoms with Crippen LogP contribution in [0.15, 0.2) is 29.6 Å². The van der Waals surface area contributed by atoms with Crippen LogP contribution in [0.4, 0.5) is 23.1 Å². The molecule has 1 N–H and O–H groups in total. The Balaban J connectivity index is 1.59. The van der Waals surface area contributed by atoms with Crippen molar-refractivity contribution in [2.75, 3.05) is 31.5 Å². The number of aryl methyl sites for hydroxylation is 1. The van der Waals surface area contributed by atoms with Gasteiger partial charge in [-0.2, -0.15) is 13.2 Å². The molecule has 1 aromatic carbocycles. The third-order valence-corrected chi connectivity index (χ3v) is 5.10. The molecule has 1 aliphatic heterocycles. The van der Waals surface area contributed by atoms with Crippen LogP contribution in [0.2, 0.25) is 0 Å². The number of alkyl halides is 3. The van der Waals surface area contributed by atoms with Crippen LogP contribution in [-0.2, 0) is 6.18 Å². The molecule has 0 bridgehead atoms. The Bertz CT molecular complexity index is 869. The number of rotatable bonds is 2. The lowest BCUT2D eigenvalue weighted by Crippen LogP contribution is -2.39. The Morgan fingerprint density at radius 3 is 2.54 bits per heavy atom. The third-order valence-electron chi connectivity index (χ3n) is 4.34. The number of anilines is 1. The van der Waals surface area contributed by atoms with Gasteiger partial charge in [-0.3, -0.25) is 10.1 Å². The number of halogens is 3. The number of amides is 3.